The molecular weight excluding hydrogens is 236 g/mol. The Balaban J connectivity index is 3.26. The first-order chi connectivity index (χ1) is 8.81. The average molecular weight is 254 g/mol. The van der Waals surface area contributed by atoms with Crippen LogP contribution in [0.5, 0.6) is 0 Å². The maximum Gasteiger partial charge on any atom is 0.305 e. The molecule has 0 aliphatic rings. The molecule has 0 aliphatic carbocycles. The summed E-state index contributed by atoms with van der Waals surface area (Å²) in [6, 6.07) is 0. The Bertz CT molecular complexity index is 288. The van der Waals surface area contributed by atoms with Gasteiger partial charge in [-0.15, -0.1) is 0 Å². The van der Waals surface area contributed by atoms with Gasteiger partial charge in [-0.25, -0.2) is 19.6 Å². The van der Waals surface area contributed by atoms with E-state index in [0.29, 0.717) is 39.0 Å². The highest BCUT2D eigenvalue weighted by molar-refractivity contribution is 5.69. The molecule has 0 saturated carbocycles. The van der Waals surface area contributed by atoms with Gasteiger partial charge in [-0.3, -0.25) is 4.79 Å². The standard InChI is InChI=1S/C12H18N2O4/c15-10-13-7-3-1-2-6-12(17)18-9-5-4-8-14-11-16/h1-9H2. The maximum absolute atomic E-state index is 11.2. The maximum atomic E-state index is 11.2. The number of hydrogen-bond acceptors (Lipinski definition) is 6. The Morgan fingerprint density at radius 2 is 1.50 bits per heavy atom. The third kappa shape index (κ3) is 12.3. The molecule has 100 valence electrons. The molecule has 0 unspecified atom stereocenters. The van der Waals surface area contributed by atoms with Gasteiger partial charge in [0.15, 0.2) is 0 Å². The van der Waals surface area contributed by atoms with Crippen molar-refractivity contribution in [1.29, 1.82) is 0 Å². The summed E-state index contributed by atoms with van der Waals surface area (Å²) < 4.78 is 4.99. The van der Waals surface area contributed by atoms with Crippen LogP contribution < -0.4 is 0 Å². The second-order valence-electron chi connectivity index (χ2n) is 3.68. The van der Waals surface area contributed by atoms with Gasteiger partial charge in [0.2, 0.25) is 12.2 Å². The van der Waals surface area contributed by atoms with Crippen LogP contribution in [0.4, 0.5) is 0 Å². The first-order valence-electron chi connectivity index (χ1n) is 6.04. The van der Waals surface area contributed by atoms with E-state index in [0.717, 1.165) is 19.3 Å². The number of hydrogen-bond donors (Lipinski definition) is 0. The minimum Gasteiger partial charge on any atom is -0.466 e. The number of esters is 1. The summed E-state index contributed by atoms with van der Waals surface area (Å²) in [6.45, 7) is 1.26. The minimum atomic E-state index is -0.215. The molecule has 0 rings (SSSR count). The van der Waals surface area contributed by atoms with Crippen molar-refractivity contribution in [2.24, 2.45) is 9.98 Å². The summed E-state index contributed by atoms with van der Waals surface area (Å²) in [5, 5.41) is 0. The molecule has 0 N–H and O–H groups in total. The van der Waals surface area contributed by atoms with Crippen LogP contribution in [0.15, 0.2) is 9.98 Å². The zero-order valence-corrected chi connectivity index (χ0v) is 10.4. The van der Waals surface area contributed by atoms with Crippen molar-refractivity contribution in [3.63, 3.8) is 0 Å². The summed E-state index contributed by atoms with van der Waals surface area (Å²) in [4.78, 5) is 37.6. The van der Waals surface area contributed by atoms with Crippen molar-refractivity contribution in [3.05, 3.63) is 0 Å². The predicted octanol–water partition coefficient (Wildman–Crippen LogP) is 1.54. The molecule has 0 aromatic carbocycles. The van der Waals surface area contributed by atoms with E-state index < -0.39 is 0 Å². The van der Waals surface area contributed by atoms with E-state index >= 15 is 0 Å². The Hall–Kier alpha value is -1.77. The molecule has 0 bridgehead atoms. The number of carbonyl (C=O) groups is 1. The van der Waals surface area contributed by atoms with Gasteiger partial charge in [0, 0.05) is 6.42 Å². The molecule has 18 heavy (non-hydrogen) atoms. The molecule has 0 aromatic rings. The quantitative estimate of drug-likeness (QED) is 0.242. The Morgan fingerprint density at radius 3 is 2.11 bits per heavy atom. The van der Waals surface area contributed by atoms with Gasteiger partial charge < -0.3 is 4.74 Å². The highest BCUT2D eigenvalue weighted by Gasteiger charge is 2.01. The van der Waals surface area contributed by atoms with Gasteiger partial charge >= 0.3 is 5.97 Å². The van der Waals surface area contributed by atoms with Crippen molar-refractivity contribution in [2.75, 3.05) is 19.7 Å². The Kier molecular flexibility index (Phi) is 12.0. The van der Waals surface area contributed by atoms with Gasteiger partial charge in [-0.2, -0.15) is 0 Å². The van der Waals surface area contributed by atoms with Crippen LogP contribution in [-0.4, -0.2) is 37.8 Å². The fraction of sp³-hybridized carbons (Fsp3) is 0.750. The molecule has 0 spiro atoms. The highest BCUT2D eigenvalue weighted by Crippen LogP contribution is 2.02. The summed E-state index contributed by atoms with van der Waals surface area (Å²) in [5.41, 5.74) is 0. The van der Waals surface area contributed by atoms with E-state index in [-0.39, 0.29) is 5.97 Å². The fourth-order valence-electron chi connectivity index (χ4n) is 1.28. The first-order valence-corrected chi connectivity index (χ1v) is 6.04. The topological polar surface area (TPSA) is 85.2 Å². The molecule has 0 radical (unpaired) electrons. The minimum absolute atomic E-state index is 0.215. The number of nitrogens with zero attached hydrogens (tertiary/aromatic N) is 2. The normalized spacial score (nSPS) is 9.11. The van der Waals surface area contributed by atoms with Crippen molar-refractivity contribution in [1.82, 2.24) is 0 Å². The zero-order chi connectivity index (χ0) is 13.5. The molecule has 6 nitrogen and oxygen atoms in total. The van der Waals surface area contributed by atoms with Crippen LogP contribution in [-0.2, 0) is 19.1 Å². The lowest BCUT2D eigenvalue weighted by Gasteiger charge is -2.03. The number of carbonyl (C=O) groups excluding carboxylic acids is 3. The van der Waals surface area contributed by atoms with Crippen LogP contribution in [0, 0.1) is 0 Å². The van der Waals surface area contributed by atoms with E-state index in [1.165, 1.54) is 12.2 Å². The van der Waals surface area contributed by atoms with Gasteiger partial charge in [0.25, 0.3) is 0 Å². The highest BCUT2D eigenvalue weighted by atomic mass is 16.5. The smallest absolute Gasteiger partial charge is 0.305 e. The lowest BCUT2D eigenvalue weighted by atomic mass is 10.2. The lowest BCUT2D eigenvalue weighted by molar-refractivity contribution is -0.143. The van der Waals surface area contributed by atoms with Crippen molar-refractivity contribution in [2.45, 2.75) is 38.5 Å². The van der Waals surface area contributed by atoms with E-state index in [4.69, 9.17) is 4.74 Å². The first kappa shape index (κ1) is 16.2. The third-order valence-electron chi connectivity index (χ3n) is 2.21. The Morgan fingerprint density at radius 1 is 0.889 bits per heavy atom. The SMILES string of the molecule is O=C=NCCCCCC(=O)OCCCCN=C=O. The molecule has 0 atom stereocenters. The molecule has 0 aliphatic heterocycles. The Labute approximate surface area is 106 Å². The monoisotopic (exact) mass is 254 g/mol. The summed E-state index contributed by atoms with van der Waals surface area (Å²) in [7, 11) is 0. The second-order valence-corrected chi connectivity index (χ2v) is 3.68. The zero-order valence-electron chi connectivity index (χ0n) is 10.4. The molecule has 0 aromatic heterocycles. The number of rotatable bonds is 11. The van der Waals surface area contributed by atoms with Crippen LogP contribution >= 0.6 is 0 Å². The largest absolute Gasteiger partial charge is 0.466 e. The van der Waals surface area contributed by atoms with E-state index in [1.807, 2.05) is 0 Å². The van der Waals surface area contributed by atoms with Crippen molar-refractivity contribution >= 4 is 18.1 Å². The molecule has 0 fully saturated rings. The van der Waals surface area contributed by atoms with Crippen LogP contribution in [0.2, 0.25) is 0 Å². The van der Waals surface area contributed by atoms with Crippen molar-refractivity contribution in [3.8, 4) is 0 Å². The van der Waals surface area contributed by atoms with Gasteiger partial charge in [-0.05, 0) is 25.7 Å². The molecule has 0 heterocycles. The predicted molar refractivity (Wildman–Crippen MR) is 64.6 cm³/mol. The van der Waals surface area contributed by atoms with Crippen LogP contribution in [0.1, 0.15) is 38.5 Å². The van der Waals surface area contributed by atoms with Gasteiger partial charge in [0.05, 0.1) is 19.7 Å². The summed E-state index contributed by atoms with van der Waals surface area (Å²) in [6.07, 6.45) is 7.08. The number of ether oxygens (including phenoxy) is 1. The molecule has 0 saturated heterocycles. The van der Waals surface area contributed by atoms with Gasteiger partial charge in [-0.1, -0.05) is 6.42 Å². The fourth-order valence-corrected chi connectivity index (χ4v) is 1.28. The van der Waals surface area contributed by atoms with E-state index in [2.05, 4.69) is 9.98 Å². The average Bonchev–Trinajstić information content (AvgIpc) is 2.38. The van der Waals surface area contributed by atoms with Crippen molar-refractivity contribution < 1.29 is 19.1 Å². The number of unbranched alkanes of at least 4 members (excludes halogenated alkanes) is 3. The molecular formula is C12H18N2O4. The lowest BCUT2D eigenvalue weighted by Crippen LogP contribution is -2.06. The van der Waals surface area contributed by atoms with Crippen LogP contribution in [0.3, 0.4) is 0 Å². The second kappa shape index (κ2) is 13.3. The van der Waals surface area contributed by atoms with Crippen LogP contribution in [0.25, 0.3) is 0 Å². The molecule has 0 amide bonds. The van der Waals surface area contributed by atoms with E-state index in [9.17, 15) is 14.4 Å². The number of aliphatic imine (C=N–C) groups is 2. The van der Waals surface area contributed by atoms with Gasteiger partial charge in [0.1, 0.15) is 0 Å². The third-order valence-corrected chi connectivity index (χ3v) is 2.21. The van der Waals surface area contributed by atoms with E-state index in [1.54, 1.807) is 0 Å². The summed E-state index contributed by atoms with van der Waals surface area (Å²) in [5.74, 6) is -0.215. The number of isocyanates is 2. The molecule has 6 heteroatoms. The summed E-state index contributed by atoms with van der Waals surface area (Å²) >= 11 is 0.